The van der Waals surface area contributed by atoms with Crippen molar-refractivity contribution < 1.29 is 19.0 Å². The van der Waals surface area contributed by atoms with E-state index in [1.54, 1.807) is 0 Å². The molecule has 3 heterocycles. The number of alkyl halides is 1. The van der Waals surface area contributed by atoms with Gasteiger partial charge >= 0.3 is 6.08 Å². The molecular weight excluding hydrogens is 292 g/mol. The fourth-order valence-corrected chi connectivity index (χ4v) is 3.53. The first-order valence-electron chi connectivity index (χ1n) is 5.77. The highest BCUT2D eigenvalue weighted by molar-refractivity contribution is 8.00. The molecule has 2 aromatic rings. The summed E-state index contributed by atoms with van der Waals surface area (Å²) in [5.41, 5.74) is 5.75. The van der Waals surface area contributed by atoms with Crippen molar-refractivity contribution in [2.75, 3.05) is 12.3 Å². The van der Waals surface area contributed by atoms with Gasteiger partial charge in [-0.1, -0.05) is 0 Å². The van der Waals surface area contributed by atoms with Crippen molar-refractivity contribution in [1.82, 2.24) is 19.5 Å². The second-order valence-electron chi connectivity index (χ2n) is 4.38. The van der Waals surface area contributed by atoms with Gasteiger partial charge in [-0.15, -0.1) is 11.8 Å². The molecule has 3 rings (SSSR count). The van der Waals surface area contributed by atoms with Gasteiger partial charge in [0.1, 0.15) is 17.0 Å². The highest BCUT2D eigenvalue weighted by atomic mass is 32.2. The number of hydrogen-bond donors (Lipinski definition) is 3. The van der Waals surface area contributed by atoms with E-state index in [2.05, 4.69) is 15.0 Å². The molecule has 4 N–H and O–H groups in total. The number of hydrogen-bond acceptors (Lipinski definition) is 7. The summed E-state index contributed by atoms with van der Waals surface area (Å²) in [7, 11) is 0. The van der Waals surface area contributed by atoms with Crippen molar-refractivity contribution in [3.8, 4) is 0 Å². The molecule has 4 atom stereocenters. The van der Waals surface area contributed by atoms with Crippen LogP contribution in [0.4, 0.5) is 14.6 Å². The van der Waals surface area contributed by atoms with Gasteiger partial charge in [-0.2, -0.15) is 14.4 Å². The van der Waals surface area contributed by atoms with E-state index >= 15 is 0 Å². The largest absolute Gasteiger partial charge is 0.395 e. The molecule has 108 valence electrons. The molecule has 0 aliphatic carbocycles. The normalized spacial score (nSPS) is 30.2. The Morgan fingerprint density at radius 2 is 2.20 bits per heavy atom. The molecule has 1 aliphatic heterocycles. The number of imidazole rings is 1. The van der Waals surface area contributed by atoms with E-state index in [1.165, 1.54) is 10.9 Å². The molecule has 2 aromatic heterocycles. The predicted molar refractivity (Wildman–Crippen MR) is 68.1 cm³/mol. The molecule has 0 unspecified atom stereocenters. The zero-order valence-electron chi connectivity index (χ0n) is 10.0. The van der Waals surface area contributed by atoms with Crippen molar-refractivity contribution in [2.45, 2.75) is 22.9 Å². The van der Waals surface area contributed by atoms with Crippen LogP contribution in [0.1, 0.15) is 5.37 Å². The second-order valence-corrected chi connectivity index (χ2v) is 5.75. The van der Waals surface area contributed by atoms with E-state index in [4.69, 9.17) is 10.8 Å². The van der Waals surface area contributed by atoms with Crippen LogP contribution in [-0.4, -0.2) is 53.9 Å². The van der Waals surface area contributed by atoms with Crippen LogP contribution in [0.2, 0.25) is 0 Å². The minimum absolute atomic E-state index is 0.0564. The fraction of sp³-hybridized carbons (Fsp3) is 0.500. The van der Waals surface area contributed by atoms with Gasteiger partial charge in [0.2, 0.25) is 0 Å². The smallest absolute Gasteiger partial charge is 0.312 e. The van der Waals surface area contributed by atoms with E-state index in [1.807, 2.05) is 0 Å². The monoisotopic (exact) mass is 303 g/mol. The number of rotatable bonds is 2. The molecule has 1 saturated heterocycles. The molecule has 10 heteroatoms. The third-order valence-corrected chi connectivity index (χ3v) is 4.71. The number of nitrogens with two attached hydrogens (primary N) is 1. The molecule has 20 heavy (non-hydrogen) atoms. The average Bonchev–Trinajstić information content (AvgIpc) is 2.93. The maximum atomic E-state index is 14.1. The van der Waals surface area contributed by atoms with Crippen molar-refractivity contribution in [2.24, 2.45) is 0 Å². The summed E-state index contributed by atoms with van der Waals surface area (Å²) in [5, 5.41) is 17.3. The molecular formula is C10H11F2N5O2S. The number of thioether (sulfide) groups is 1. The van der Waals surface area contributed by atoms with E-state index in [9.17, 15) is 13.9 Å². The van der Waals surface area contributed by atoms with E-state index < -0.39 is 29.0 Å². The van der Waals surface area contributed by atoms with Gasteiger partial charge in [-0.3, -0.25) is 4.57 Å². The van der Waals surface area contributed by atoms with Crippen LogP contribution in [0.3, 0.4) is 0 Å². The van der Waals surface area contributed by atoms with Crippen molar-refractivity contribution >= 4 is 28.7 Å². The van der Waals surface area contributed by atoms with Crippen LogP contribution in [0, 0.1) is 6.08 Å². The molecule has 0 aromatic carbocycles. The lowest BCUT2D eigenvalue weighted by Gasteiger charge is -2.14. The van der Waals surface area contributed by atoms with Crippen LogP contribution in [-0.2, 0) is 0 Å². The number of nitrogens with zero attached hydrogens (tertiary/aromatic N) is 4. The summed E-state index contributed by atoms with van der Waals surface area (Å²) in [6, 6.07) is 0. The summed E-state index contributed by atoms with van der Waals surface area (Å²) in [5.74, 6) is -0.135. The molecule has 0 amide bonds. The molecule has 0 bridgehead atoms. The van der Waals surface area contributed by atoms with Gasteiger partial charge in [0.15, 0.2) is 17.6 Å². The summed E-state index contributed by atoms with van der Waals surface area (Å²) >= 11 is 1.04. The van der Waals surface area contributed by atoms with E-state index in [0.717, 1.165) is 11.8 Å². The van der Waals surface area contributed by atoms with Crippen LogP contribution in [0.25, 0.3) is 11.2 Å². The number of aliphatic hydroxyl groups is 2. The lowest BCUT2D eigenvalue weighted by molar-refractivity contribution is 0.0642. The Kier molecular flexibility index (Phi) is 3.22. The topological polar surface area (TPSA) is 110 Å². The van der Waals surface area contributed by atoms with E-state index in [-0.39, 0.29) is 23.6 Å². The van der Waals surface area contributed by atoms with Crippen molar-refractivity contribution in [1.29, 1.82) is 0 Å². The minimum Gasteiger partial charge on any atom is -0.395 e. The first kappa shape index (κ1) is 13.5. The number of aliphatic hydroxyl groups excluding tert-OH is 2. The van der Waals surface area contributed by atoms with Crippen molar-refractivity contribution in [3.05, 3.63) is 12.4 Å². The summed E-state index contributed by atoms with van der Waals surface area (Å²) < 4.78 is 28.6. The van der Waals surface area contributed by atoms with Gasteiger partial charge in [-0.25, -0.2) is 9.37 Å². The van der Waals surface area contributed by atoms with Gasteiger partial charge < -0.3 is 15.9 Å². The first-order chi connectivity index (χ1) is 9.52. The average molecular weight is 303 g/mol. The highest BCUT2D eigenvalue weighted by Crippen LogP contribution is 2.44. The van der Waals surface area contributed by atoms with Crippen LogP contribution in [0.15, 0.2) is 6.33 Å². The third-order valence-electron chi connectivity index (χ3n) is 3.17. The van der Waals surface area contributed by atoms with Gasteiger partial charge in [0.05, 0.1) is 18.2 Å². The lowest BCUT2D eigenvalue weighted by Crippen LogP contribution is -2.29. The second kappa shape index (κ2) is 4.79. The number of halogens is 2. The molecule has 1 fully saturated rings. The van der Waals surface area contributed by atoms with Gasteiger partial charge in [0, 0.05) is 0 Å². The predicted octanol–water partition coefficient (Wildman–Crippen LogP) is -0.147. The SMILES string of the molecule is Nc1nc(F)nc2c1ncn2[C@H]1S[C@@H](CO)[C@@H](O)[C@H]1F. The van der Waals surface area contributed by atoms with Crippen molar-refractivity contribution in [3.63, 3.8) is 0 Å². The Morgan fingerprint density at radius 3 is 2.85 bits per heavy atom. The Hall–Kier alpha value is -1.52. The standard InChI is InChI=1S/C10H11F2N5O2S/c11-4-6(19)3(1-18)20-9(4)17-2-14-5-7(13)15-10(12)16-8(5)17/h2-4,6,9,18-19H,1H2,(H2,13,15,16)/t3-,4+,6+,9-/m0/s1. The number of fused-ring (bicyclic) bond motifs is 1. The van der Waals surface area contributed by atoms with Crippen LogP contribution in [0.5, 0.6) is 0 Å². The minimum atomic E-state index is -1.63. The number of anilines is 1. The highest BCUT2D eigenvalue weighted by Gasteiger charge is 2.45. The Bertz CT molecular complexity index is 654. The Balaban J connectivity index is 2.07. The van der Waals surface area contributed by atoms with Crippen LogP contribution < -0.4 is 5.73 Å². The Morgan fingerprint density at radius 1 is 1.45 bits per heavy atom. The van der Waals surface area contributed by atoms with Crippen LogP contribution >= 0.6 is 11.8 Å². The molecule has 0 radical (unpaired) electrons. The molecule has 0 spiro atoms. The molecule has 1 aliphatic rings. The quantitative estimate of drug-likeness (QED) is 0.662. The van der Waals surface area contributed by atoms with Gasteiger partial charge in [-0.05, 0) is 0 Å². The lowest BCUT2D eigenvalue weighted by atomic mass is 10.1. The van der Waals surface area contributed by atoms with E-state index in [0.29, 0.717) is 0 Å². The summed E-state index contributed by atoms with van der Waals surface area (Å²) in [4.78, 5) is 10.8. The molecule has 7 nitrogen and oxygen atoms in total. The fourth-order valence-electron chi connectivity index (χ4n) is 2.18. The number of nitrogen functional groups attached to an aromatic ring is 1. The maximum Gasteiger partial charge on any atom is 0.312 e. The zero-order valence-corrected chi connectivity index (χ0v) is 10.8. The summed E-state index contributed by atoms with van der Waals surface area (Å²) in [6.45, 7) is -0.360. The maximum absolute atomic E-state index is 14.1. The number of aromatic nitrogens is 4. The Labute approximate surface area is 115 Å². The first-order valence-corrected chi connectivity index (χ1v) is 6.71. The zero-order chi connectivity index (χ0) is 14.4. The molecule has 0 saturated carbocycles. The van der Waals surface area contributed by atoms with Gasteiger partial charge in [0.25, 0.3) is 0 Å². The third kappa shape index (κ3) is 1.91. The summed E-state index contributed by atoms with van der Waals surface area (Å²) in [6.07, 6.45) is -2.70.